The Kier molecular flexibility index (Phi) is 14.3. The largest absolute Gasteiger partial charge is 0.507 e. The summed E-state index contributed by atoms with van der Waals surface area (Å²) in [6.07, 6.45) is 8.83. The Balaban J connectivity index is 0.000000338. The van der Waals surface area contributed by atoms with E-state index in [1.807, 2.05) is 48.5 Å². The van der Waals surface area contributed by atoms with Crippen LogP contribution in [0.1, 0.15) is 115 Å². The number of carbonyl (C=O) groups excluding carboxylic acids is 2. The summed E-state index contributed by atoms with van der Waals surface area (Å²) in [4.78, 5) is 35.4. The molecule has 0 unspecified atom stereocenters. The Bertz CT molecular complexity index is 2150. The van der Waals surface area contributed by atoms with E-state index in [-0.39, 0.29) is 35.4 Å². The van der Waals surface area contributed by atoms with Gasteiger partial charge in [-0.1, -0.05) is 19.3 Å². The fourth-order valence-electron chi connectivity index (χ4n) is 6.25. The minimum absolute atomic E-state index is 0.0328. The third-order valence-electron chi connectivity index (χ3n) is 10.4. The zero-order valence-corrected chi connectivity index (χ0v) is 36.1. The summed E-state index contributed by atoms with van der Waals surface area (Å²) in [7, 11) is 3.03. The van der Waals surface area contributed by atoms with Gasteiger partial charge in [0, 0.05) is 11.6 Å². The molecule has 2 saturated carbocycles. The molecule has 0 radical (unpaired) electrons. The number of phenolic OH excluding ortho intramolecular Hbond substituents is 1. The normalized spacial score (nSPS) is 14.0. The smallest absolute Gasteiger partial charge is 0.336 e. The van der Waals surface area contributed by atoms with Crippen LogP contribution in [0.2, 0.25) is 0 Å². The van der Waals surface area contributed by atoms with Gasteiger partial charge < -0.3 is 33.9 Å². The van der Waals surface area contributed by atoms with Gasteiger partial charge in [-0.2, -0.15) is 0 Å². The van der Waals surface area contributed by atoms with Crippen molar-refractivity contribution in [1.29, 1.82) is 0 Å². The molecule has 300 valence electrons. The van der Waals surface area contributed by atoms with Crippen LogP contribution < -0.4 is 14.2 Å². The molecule has 3 aliphatic rings. The lowest BCUT2D eigenvalue weighted by Gasteiger charge is -2.23. The molecule has 3 aromatic carbocycles. The molecular formula is C45H53BrO10. The van der Waals surface area contributed by atoms with E-state index >= 15 is 0 Å². The van der Waals surface area contributed by atoms with E-state index in [4.69, 9.17) is 28.8 Å². The van der Waals surface area contributed by atoms with E-state index < -0.39 is 5.97 Å². The van der Waals surface area contributed by atoms with Gasteiger partial charge in [0.15, 0.2) is 17.3 Å². The fourth-order valence-corrected chi connectivity index (χ4v) is 6.99. The molecule has 0 spiro atoms. The van der Waals surface area contributed by atoms with Crippen LogP contribution in [0.4, 0.5) is 0 Å². The predicted molar refractivity (Wildman–Crippen MR) is 220 cm³/mol. The van der Waals surface area contributed by atoms with Gasteiger partial charge in [-0.25, -0.2) is 4.79 Å². The van der Waals surface area contributed by atoms with Gasteiger partial charge in [-0.05, 0) is 154 Å². The molecule has 3 aromatic rings. The number of hydrogen-bond donors (Lipinski definition) is 2. The number of carbonyl (C=O) groups is 3. The molecule has 0 saturated heterocycles. The van der Waals surface area contributed by atoms with Gasteiger partial charge in [-0.3, -0.25) is 9.59 Å². The minimum atomic E-state index is -0.828. The van der Waals surface area contributed by atoms with Crippen molar-refractivity contribution in [3.8, 4) is 23.0 Å². The number of methoxy groups -OCH3 is 2. The summed E-state index contributed by atoms with van der Waals surface area (Å²) >= 11 is 3.64. The van der Waals surface area contributed by atoms with Crippen LogP contribution >= 0.6 is 15.9 Å². The number of allylic oxidation sites excluding steroid dienone is 3. The number of Topliss-reactive ketones (excluding diaryl/α,β-unsaturated/α-hetero) is 1. The molecular weight excluding hydrogens is 780 g/mol. The first-order valence-electron chi connectivity index (χ1n) is 18.6. The first-order chi connectivity index (χ1) is 26.4. The molecule has 6 rings (SSSR count). The van der Waals surface area contributed by atoms with Gasteiger partial charge >= 0.3 is 5.97 Å². The number of ketones is 2. The molecule has 11 heteroatoms. The number of carboxylic acids is 1. The Labute approximate surface area is 338 Å². The van der Waals surface area contributed by atoms with Crippen LogP contribution in [-0.4, -0.2) is 48.6 Å². The van der Waals surface area contributed by atoms with Crippen LogP contribution in [0.25, 0.3) is 5.76 Å². The van der Waals surface area contributed by atoms with Gasteiger partial charge in [0.1, 0.15) is 39.8 Å². The van der Waals surface area contributed by atoms with Crippen molar-refractivity contribution < 1.29 is 48.3 Å². The van der Waals surface area contributed by atoms with Gasteiger partial charge in [-0.15, -0.1) is 0 Å². The van der Waals surface area contributed by atoms with E-state index in [0.717, 1.165) is 57.4 Å². The first-order valence-corrected chi connectivity index (χ1v) is 19.4. The maximum Gasteiger partial charge on any atom is 0.336 e. The van der Waals surface area contributed by atoms with E-state index in [1.54, 1.807) is 27.0 Å². The quantitative estimate of drug-likeness (QED) is 0.158. The summed E-state index contributed by atoms with van der Waals surface area (Å²) in [5.41, 5.74) is 10.5. The monoisotopic (exact) mass is 832 g/mol. The summed E-state index contributed by atoms with van der Waals surface area (Å²) in [5, 5.41) is 19.8. The molecule has 2 aliphatic carbocycles. The number of rotatable bonds is 9. The highest BCUT2D eigenvalue weighted by molar-refractivity contribution is 9.10. The van der Waals surface area contributed by atoms with Crippen molar-refractivity contribution in [2.45, 2.75) is 101 Å². The average molecular weight is 834 g/mol. The lowest BCUT2D eigenvalue weighted by atomic mass is 9.90. The molecule has 0 bridgehead atoms. The van der Waals surface area contributed by atoms with E-state index in [0.29, 0.717) is 49.9 Å². The molecule has 0 atom stereocenters. The van der Waals surface area contributed by atoms with Crippen LogP contribution in [0.15, 0.2) is 40.0 Å². The van der Waals surface area contributed by atoms with Crippen molar-refractivity contribution in [3.05, 3.63) is 107 Å². The average Bonchev–Trinajstić information content (AvgIpc) is 4.04. The molecule has 2 fully saturated rings. The van der Waals surface area contributed by atoms with Crippen molar-refractivity contribution in [3.63, 3.8) is 0 Å². The van der Waals surface area contributed by atoms with Crippen molar-refractivity contribution >= 4 is 39.2 Å². The van der Waals surface area contributed by atoms with E-state index in [1.165, 1.54) is 51.0 Å². The zero-order chi connectivity index (χ0) is 41.8. The van der Waals surface area contributed by atoms with E-state index in [9.17, 15) is 19.5 Å². The topological polar surface area (TPSA) is 138 Å². The van der Waals surface area contributed by atoms with Crippen LogP contribution in [-0.2, 0) is 14.3 Å². The number of halogens is 1. The van der Waals surface area contributed by atoms with Gasteiger partial charge in [0.25, 0.3) is 5.95 Å². The molecule has 56 heavy (non-hydrogen) atoms. The van der Waals surface area contributed by atoms with Crippen molar-refractivity contribution in [1.82, 2.24) is 0 Å². The molecule has 0 aromatic heterocycles. The highest BCUT2D eigenvalue weighted by Gasteiger charge is 2.31. The predicted octanol–water partition coefficient (Wildman–Crippen LogP) is 10.6. The third-order valence-corrected chi connectivity index (χ3v) is 11.1. The molecule has 10 nitrogen and oxygen atoms in total. The summed E-state index contributed by atoms with van der Waals surface area (Å²) in [5.74, 6) is 0.991. The Morgan fingerprint density at radius 3 is 1.77 bits per heavy atom. The lowest BCUT2D eigenvalue weighted by Crippen LogP contribution is -2.09. The maximum absolute atomic E-state index is 12.3. The van der Waals surface area contributed by atoms with Crippen LogP contribution in [0.5, 0.6) is 23.0 Å². The summed E-state index contributed by atoms with van der Waals surface area (Å²) in [6, 6.07) is 1.77. The Morgan fingerprint density at radius 1 is 0.732 bits per heavy atom. The Morgan fingerprint density at radius 2 is 1.29 bits per heavy atom. The molecule has 1 aliphatic heterocycles. The number of aromatic carboxylic acids is 1. The van der Waals surface area contributed by atoms with Gasteiger partial charge in [0.2, 0.25) is 0 Å². The fraction of sp³-hybridized carbons (Fsp3) is 0.400. The van der Waals surface area contributed by atoms with Crippen LogP contribution in [0, 0.1) is 62.3 Å². The number of ether oxygens (including phenoxy) is 5. The maximum atomic E-state index is 12.3. The number of hydrogen-bond acceptors (Lipinski definition) is 9. The standard InChI is InChI=1S/C30H31BrO8.C12H16O2.C3H6/c1-14-10-22(17(4)27(34)24(14)18(5)32)38-29(19-8-9-19)25-15(2)16(3)28(26(31)30(25)36-7)39-23-12-20(33)11-21(35-6)13-37-23;1-6-7(2)9(4)11(12(13)14)10(5)8(6)3;1-2-3-1/h10-12,34H,8-9,13H2,1-7H3;1-5H3,(H,13,14);1-3H2. The first kappa shape index (κ1) is 43.7. The second-order valence-corrected chi connectivity index (χ2v) is 15.2. The van der Waals surface area contributed by atoms with E-state index in [2.05, 4.69) is 15.9 Å². The number of aromatic hydroxyl groups is 1. The molecule has 2 N–H and O–H groups in total. The Hall–Kier alpha value is -5.03. The SMILES string of the molecule is C1CC1.COC1=CC(=O)C=C(Oc2c(C)c(C)c(C(Oc3cc(C)c(C(C)=O)c(O)c3C)=C3CC3)c(OC)c2Br)OC1.Cc1c(C)c(C)c(C(=O)O)c(C)c1C. The van der Waals surface area contributed by atoms with Crippen molar-refractivity contribution in [2.24, 2.45) is 0 Å². The zero-order valence-electron chi connectivity index (χ0n) is 34.5. The van der Waals surface area contributed by atoms with Crippen LogP contribution in [0.3, 0.4) is 0 Å². The third kappa shape index (κ3) is 9.67. The summed E-state index contributed by atoms with van der Waals surface area (Å²) < 4.78 is 29.8. The number of aryl methyl sites for hydroxylation is 1. The number of phenols is 1. The summed E-state index contributed by atoms with van der Waals surface area (Å²) in [6.45, 7) is 18.5. The van der Waals surface area contributed by atoms with Gasteiger partial charge in [0.05, 0.1) is 37.0 Å². The highest BCUT2D eigenvalue weighted by atomic mass is 79.9. The minimum Gasteiger partial charge on any atom is -0.507 e. The van der Waals surface area contributed by atoms with Crippen molar-refractivity contribution in [2.75, 3.05) is 20.8 Å². The second kappa shape index (κ2) is 18.3. The highest BCUT2D eigenvalue weighted by Crippen LogP contribution is 2.50. The molecule has 0 amide bonds. The lowest BCUT2D eigenvalue weighted by molar-refractivity contribution is -0.110. The number of carboxylic acid groups (broad SMARTS) is 1. The molecule has 1 heterocycles. The number of benzene rings is 3. The second-order valence-electron chi connectivity index (χ2n) is 14.4.